The second-order valence-electron chi connectivity index (χ2n) is 7.61. The van der Waals surface area contributed by atoms with Crippen LogP contribution in [0.3, 0.4) is 0 Å². The van der Waals surface area contributed by atoms with Crippen molar-refractivity contribution in [2.45, 2.75) is 39.5 Å². The highest BCUT2D eigenvalue weighted by Gasteiger charge is 2.21. The molecule has 1 aliphatic carbocycles. The summed E-state index contributed by atoms with van der Waals surface area (Å²) in [6.07, 6.45) is 3.68. The Morgan fingerprint density at radius 1 is 1.16 bits per heavy atom. The summed E-state index contributed by atoms with van der Waals surface area (Å²) in [7, 11) is 0. The molecule has 0 atom stereocenters. The summed E-state index contributed by atoms with van der Waals surface area (Å²) in [5.41, 5.74) is 1.16. The zero-order chi connectivity index (χ0) is 23.3. The third-order valence-corrected chi connectivity index (χ3v) is 5.39. The zero-order valence-corrected chi connectivity index (χ0v) is 18.6. The molecule has 1 fully saturated rings. The Morgan fingerprint density at radius 2 is 1.91 bits per heavy atom. The van der Waals surface area contributed by atoms with Crippen molar-refractivity contribution in [1.29, 1.82) is 0 Å². The fourth-order valence-corrected chi connectivity index (χ4v) is 3.57. The van der Waals surface area contributed by atoms with Gasteiger partial charge in [0.2, 0.25) is 5.91 Å². The van der Waals surface area contributed by atoms with Crippen LogP contribution in [-0.4, -0.2) is 29.5 Å². The summed E-state index contributed by atoms with van der Waals surface area (Å²) in [4.78, 5) is 35.5. The maximum absolute atomic E-state index is 12.2. The van der Waals surface area contributed by atoms with Crippen molar-refractivity contribution in [3.05, 3.63) is 40.9 Å². The van der Waals surface area contributed by atoms with Gasteiger partial charge in [-0.05, 0) is 62.4 Å². The van der Waals surface area contributed by atoms with E-state index in [4.69, 9.17) is 16.3 Å². The highest BCUT2D eigenvalue weighted by Crippen LogP contribution is 2.38. The molecule has 3 N–H and O–H groups in total. The van der Waals surface area contributed by atoms with Gasteiger partial charge in [-0.1, -0.05) is 18.0 Å². The van der Waals surface area contributed by atoms with Crippen LogP contribution >= 0.6 is 11.6 Å². The molecule has 0 unspecified atom stereocenters. The number of anilines is 2. The van der Waals surface area contributed by atoms with Gasteiger partial charge in [0.05, 0.1) is 17.3 Å². The predicted octanol–water partition coefficient (Wildman–Crippen LogP) is 4.78. The lowest BCUT2D eigenvalue weighted by atomic mass is 9.83. The normalized spacial score (nSPS) is 13.1. The quantitative estimate of drug-likeness (QED) is 0.311. The number of halogens is 1. The fourth-order valence-electron chi connectivity index (χ4n) is 3.27. The average Bonchev–Trinajstić information content (AvgIpc) is 2.70. The monoisotopic (exact) mass is 460 g/mol. The number of rotatable bonds is 7. The van der Waals surface area contributed by atoms with E-state index in [0.29, 0.717) is 35.1 Å². The molecule has 0 aromatic heterocycles. The Morgan fingerprint density at radius 3 is 2.53 bits per heavy atom. The van der Waals surface area contributed by atoms with Gasteiger partial charge in [-0.2, -0.15) is 0 Å². The number of carbonyl (C=O) groups is 3. The van der Waals surface area contributed by atoms with E-state index in [-0.39, 0.29) is 29.0 Å². The first-order chi connectivity index (χ1) is 15.3. The molecule has 1 saturated carbocycles. The minimum atomic E-state index is -0.988. The highest BCUT2D eigenvalue weighted by atomic mass is 35.5. The number of phenols is 1. The molecule has 8 nitrogen and oxygen atoms in total. The third-order valence-electron chi connectivity index (χ3n) is 5.11. The summed E-state index contributed by atoms with van der Waals surface area (Å²) in [6, 6.07) is 7.53. The molecule has 0 radical (unpaired) electrons. The summed E-state index contributed by atoms with van der Waals surface area (Å²) in [5, 5.41) is 15.4. The van der Waals surface area contributed by atoms with Gasteiger partial charge in [0, 0.05) is 18.2 Å². The highest BCUT2D eigenvalue weighted by molar-refractivity contribution is 6.37. The number of ether oxygens (including phenoxy) is 2. The van der Waals surface area contributed by atoms with Gasteiger partial charge in [-0.3, -0.25) is 9.59 Å². The van der Waals surface area contributed by atoms with Crippen LogP contribution in [-0.2, 0) is 19.1 Å². The van der Waals surface area contributed by atoms with E-state index in [1.54, 1.807) is 26.0 Å². The molecule has 0 aliphatic heterocycles. The first kappa shape index (κ1) is 23.4. The molecule has 32 heavy (non-hydrogen) atoms. The van der Waals surface area contributed by atoms with Crippen molar-refractivity contribution in [2.24, 2.45) is 5.92 Å². The standard InChI is InChI=1S/C23H25ClN2O6/c1-3-31-23(30)22(29)25-15-9-13(2)21(17(24)11-15)32-16-7-8-19(27)18(12-16)26-20(28)10-14-5-4-6-14/h7-9,11-12,14,27H,3-6,10H2,1-2H3,(H,25,29)(H,26,28). The van der Waals surface area contributed by atoms with E-state index in [1.807, 2.05) is 0 Å². The molecule has 0 spiro atoms. The smallest absolute Gasteiger partial charge is 0.397 e. The topological polar surface area (TPSA) is 114 Å². The molecule has 3 rings (SSSR count). The number of esters is 1. The maximum atomic E-state index is 12.2. The molecule has 2 aromatic carbocycles. The van der Waals surface area contributed by atoms with Crippen LogP contribution in [0, 0.1) is 12.8 Å². The number of carbonyl (C=O) groups excluding carboxylic acids is 3. The Kier molecular flexibility index (Phi) is 7.58. The Hall–Kier alpha value is -3.26. The Balaban J connectivity index is 1.71. The number of aryl methyl sites for hydroxylation is 1. The van der Waals surface area contributed by atoms with Gasteiger partial charge in [0.1, 0.15) is 17.2 Å². The zero-order valence-electron chi connectivity index (χ0n) is 17.9. The first-order valence-electron chi connectivity index (χ1n) is 10.4. The average molecular weight is 461 g/mol. The molecule has 1 aliphatic rings. The lowest BCUT2D eigenvalue weighted by molar-refractivity contribution is -0.152. The molecule has 9 heteroatoms. The first-order valence-corrected chi connectivity index (χ1v) is 10.7. The predicted molar refractivity (Wildman–Crippen MR) is 120 cm³/mol. The summed E-state index contributed by atoms with van der Waals surface area (Å²) in [5.74, 6) is -1.03. The number of nitrogens with one attached hydrogen (secondary N) is 2. The van der Waals surface area contributed by atoms with E-state index < -0.39 is 11.9 Å². The lowest BCUT2D eigenvalue weighted by Crippen LogP contribution is -2.25. The van der Waals surface area contributed by atoms with Crippen LogP contribution in [0.2, 0.25) is 5.02 Å². The van der Waals surface area contributed by atoms with E-state index in [0.717, 1.165) is 19.3 Å². The van der Waals surface area contributed by atoms with Crippen LogP contribution in [0.25, 0.3) is 0 Å². The molecule has 170 valence electrons. The van der Waals surface area contributed by atoms with Crippen LogP contribution < -0.4 is 15.4 Å². The largest absolute Gasteiger partial charge is 0.506 e. The number of phenolic OH excluding ortho intramolecular Hbond substituents is 1. The lowest BCUT2D eigenvalue weighted by Gasteiger charge is -2.24. The van der Waals surface area contributed by atoms with Crippen molar-refractivity contribution in [1.82, 2.24) is 0 Å². The number of benzene rings is 2. The minimum Gasteiger partial charge on any atom is -0.506 e. The van der Waals surface area contributed by atoms with Crippen molar-refractivity contribution < 1.29 is 29.0 Å². The maximum Gasteiger partial charge on any atom is 0.397 e. The SMILES string of the molecule is CCOC(=O)C(=O)Nc1cc(C)c(Oc2ccc(O)c(NC(=O)CC3CCC3)c2)c(Cl)c1. The molecule has 0 saturated heterocycles. The molecular weight excluding hydrogens is 436 g/mol. The van der Waals surface area contributed by atoms with Crippen molar-refractivity contribution in [2.75, 3.05) is 17.2 Å². The number of hydrogen-bond acceptors (Lipinski definition) is 6. The molecule has 0 heterocycles. The van der Waals surface area contributed by atoms with E-state index >= 15 is 0 Å². The summed E-state index contributed by atoms with van der Waals surface area (Å²) >= 11 is 6.33. The Labute approximate surface area is 190 Å². The van der Waals surface area contributed by atoms with Crippen molar-refractivity contribution >= 4 is 40.8 Å². The van der Waals surface area contributed by atoms with Crippen LogP contribution in [0.5, 0.6) is 17.2 Å². The van der Waals surface area contributed by atoms with Crippen molar-refractivity contribution in [3.8, 4) is 17.2 Å². The molecular formula is C23H25ClN2O6. The van der Waals surface area contributed by atoms with Crippen LogP contribution in [0.1, 0.15) is 38.2 Å². The second kappa shape index (κ2) is 10.4. The second-order valence-corrected chi connectivity index (χ2v) is 8.02. The van der Waals surface area contributed by atoms with Gasteiger partial charge in [-0.25, -0.2) is 4.79 Å². The van der Waals surface area contributed by atoms with E-state index in [9.17, 15) is 19.5 Å². The van der Waals surface area contributed by atoms with E-state index in [1.165, 1.54) is 18.2 Å². The minimum absolute atomic E-state index is 0.0702. The summed E-state index contributed by atoms with van der Waals surface area (Å²) < 4.78 is 10.5. The van der Waals surface area contributed by atoms with Crippen LogP contribution in [0.15, 0.2) is 30.3 Å². The fraction of sp³-hybridized carbons (Fsp3) is 0.348. The van der Waals surface area contributed by atoms with Gasteiger partial charge < -0.3 is 25.2 Å². The number of hydrogen-bond donors (Lipinski definition) is 3. The Bertz CT molecular complexity index is 1010. The van der Waals surface area contributed by atoms with Crippen LogP contribution in [0.4, 0.5) is 11.4 Å². The van der Waals surface area contributed by atoms with E-state index in [2.05, 4.69) is 15.4 Å². The van der Waals surface area contributed by atoms with Crippen molar-refractivity contribution in [3.63, 3.8) is 0 Å². The number of amides is 2. The van der Waals surface area contributed by atoms with Gasteiger partial charge in [-0.15, -0.1) is 0 Å². The molecule has 2 aromatic rings. The third kappa shape index (κ3) is 5.91. The molecule has 2 amide bonds. The van der Waals surface area contributed by atoms with Gasteiger partial charge in [0.15, 0.2) is 0 Å². The molecule has 0 bridgehead atoms. The number of aromatic hydroxyl groups is 1. The summed E-state index contributed by atoms with van der Waals surface area (Å²) in [6.45, 7) is 3.42. The van der Waals surface area contributed by atoms with Gasteiger partial charge in [0.25, 0.3) is 0 Å². The van der Waals surface area contributed by atoms with Gasteiger partial charge >= 0.3 is 11.9 Å².